The lowest BCUT2D eigenvalue weighted by Gasteiger charge is -2.10. The van der Waals surface area contributed by atoms with Crippen molar-refractivity contribution < 1.29 is 9.21 Å². The third kappa shape index (κ3) is 2.41. The molecule has 0 bridgehead atoms. The number of amides is 1. The summed E-state index contributed by atoms with van der Waals surface area (Å²) >= 11 is 0. The summed E-state index contributed by atoms with van der Waals surface area (Å²) in [4.78, 5) is 12.5. The summed E-state index contributed by atoms with van der Waals surface area (Å²) in [6.45, 7) is 1.89. The number of para-hydroxylation sites is 1. The third-order valence-electron chi connectivity index (χ3n) is 3.80. The van der Waals surface area contributed by atoms with Crippen LogP contribution in [0.15, 0.2) is 59.3 Å². The first-order valence-corrected chi connectivity index (χ1v) is 7.35. The van der Waals surface area contributed by atoms with Crippen molar-refractivity contribution in [2.24, 2.45) is 0 Å². The van der Waals surface area contributed by atoms with Crippen LogP contribution in [0.3, 0.4) is 0 Å². The lowest BCUT2D eigenvalue weighted by atomic mass is 10.1. The molecule has 0 aliphatic heterocycles. The van der Waals surface area contributed by atoms with Crippen LogP contribution in [-0.4, -0.2) is 26.1 Å². The van der Waals surface area contributed by atoms with Crippen molar-refractivity contribution in [2.75, 3.05) is 5.32 Å². The van der Waals surface area contributed by atoms with Crippen LogP contribution >= 0.6 is 0 Å². The number of tetrazole rings is 1. The second-order valence-electron chi connectivity index (χ2n) is 5.31. The summed E-state index contributed by atoms with van der Waals surface area (Å²) in [7, 11) is 0. The van der Waals surface area contributed by atoms with Crippen molar-refractivity contribution in [3.05, 3.63) is 66.2 Å². The highest BCUT2D eigenvalue weighted by Gasteiger charge is 2.15. The van der Waals surface area contributed by atoms with E-state index in [9.17, 15) is 4.79 Å². The zero-order valence-electron chi connectivity index (χ0n) is 12.8. The minimum absolute atomic E-state index is 0.267. The maximum Gasteiger partial charge on any atom is 0.291 e. The number of benzene rings is 2. The van der Waals surface area contributed by atoms with E-state index >= 15 is 0 Å². The molecule has 0 atom stereocenters. The zero-order valence-corrected chi connectivity index (χ0v) is 12.8. The Kier molecular flexibility index (Phi) is 3.31. The van der Waals surface area contributed by atoms with Gasteiger partial charge in [0, 0.05) is 11.1 Å². The topological polar surface area (TPSA) is 85.8 Å². The average molecular weight is 319 g/mol. The van der Waals surface area contributed by atoms with Gasteiger partial charge >= 0.3 is 0 Å². The Morgan fingerprint density at radius 2 is 2.04 bits per heavy atom. The summed E-state index contributed by atoms with van der Waals surface area (Å²) < 4.78 is 7.14. The van der Waals surface area contributed by atoms with Crippen molar-refractivity contribution in [1.82, 2.24) is 20.2 Å². The number of hydrogen-bond donors (Lipinski definition) is 1. The standard InChI is InChI=1S/C17H13N5O2/c1-11-13(6-4-7-14(11)22-10-18-20-21-22)19-17(23)16-9-12-5-2-3-8-15(12)24-16/h2-10H,1H3,(H,19,23). The van der Waals surface area contributed by atoms with Gasteiger partial charge in [0.25, 0.3) is 5.91 Å². The number of fused-ring (bicyclic) bond motifs is 1. The molecule has 2 aromatic heterocycles. The average Bonchev–Trinajstić information content (AvgIpc) is 3.26. The second-order valence-corrected chi connectivity index (χ2v) is 5.31. The Morgan fingerprint density at radius 3 is 2.83 bits per heavy atom. The van der Waals surface area contributed by atoms with Gasteiger partial charge in [-0.25, -0.2) is 4.68 Å². The van der Waals surface area contributed by atoms with Gasteiger partial charge in [0.15, 0.2) is 5.76 Å². The molecule has 0 radical (unpaired) electrons. The predicted octanol–water partition coefficient (Wildman–Crippen LogP) is 2.97. The number of hydrogen-bond acceptors (Lipinski definition) is 5. The van der Waals surface area contributed by atoms with Crippen molar-refractivity contribution >= 4 is 22.6 Å². The van der Waals surface area contributed by atoms with Gasteiger partial charge in [-0.15, -0.1) is 5.10 Å². The Morgan fingerprint density at radius 1 is 1.17 bits per heavy atom. The number of furan rings is 1. The minimum atomic E-state index is -0.303. The molecule has 0 saturated carbocycles. The Labute approximate surface area is 136 Å². The summed E-state index contributed by atoms with van der Waals surface area (Å²) in [5, 5.41) is 14.9. The molecule has 7 heteroatoms. The number of carbonyl (C=O) groups excluding carboxylic acids is 1. The van der Waals surface area contributed by atoms with Crippen molar-refractivity contribution in [3.8, 4) is 5.69 Å². The predicted molar refractivity (Wildman–Crippen MR) is 88.1 cm³/mol. The van der Waals surface area contributed by atoms with Gasteiger partial charge in [-0.1, -0.05) is 24.3 Å². The van der Waals surface area contributed by atoms with Crippen LogP contribution in [0.25, 0.3) is 16.7 Å². The number of nitrogens with zero attached hydrogens (tertiary/aromatic N) is 4. The Balaban J connectivity index is 1.65. The van der Waals surface area contributed by atoms with E-state index in [0.29, 0.717) is 11.3 Å². The van der Waals surface area contributed by atoms with E-state index in [1.807, 2.05) is 49.4 Å². The van der Waals surface area contributed by atoms with Crippen LogP contribution < -0.4 is 5.32 Å². The van der Waals surface area contributed by atoms with Crippen LogP contribution in [0, 0.1) is 6.92 Å². The fraction of sp³-hybridized carbons (Fsp3) is 0.0588. The molecule has 4 rings (SSSR count). The maximum atomic E-state index is 12.5. The van der Waals surface area contributed by atoms with Crippen LogP contribution in [0.1, 0.15) is 16.1 Å². The molecule has 7 nitrogen and oxygen atoms in total. The molecule has 0 spiro atoms. The van der Waals surface area contributed by atoms with Gasteiger partial charge in [-0.2, -0.15) is 0 Å². The first-order valence-electron chi connectivity index (χ1n) is 7.35. The summed E-state index contributed by atoms with van der Waals surface area (Å²) in [6, 6.07) is 14.8. The molecule has 0 fully saturated rings. The molecule has 1 amide bonds. The largest absolute Gasteiger partial charge is 0.451 e. The first kappa shape index (κ1) is 14.1. The van der Waals surface area contributed by atoms with Gasteiger partial charge < -0.3 is 9.73 Å². The number of rotatable bonds is 3. The molecule has 0 unspecified atom stereocenters. The van der Waals surface area contributed by atoms with E-state index in [0.717, 1.165) is 16.6 Å². The Bertz CT molecular complexity index is 988. The molecule has 24 heavy (non-hydrogen) atoms. The van der Waals surface area contributed by atoms with Gasteiger partial charge in [0.1, 0.15) is 11.9 Å². The van der Waals surface area contributed by atoms with Gasteiger partial charge in [-0.3, -0.25) is 4.79 Å². The minimum Gasteiger partial charge on any atom is -0.451 e. The first-order chi connectivity index (χ1) is 11.7. The van der Waals surface area contributed by atoms with E-state index in [4.69, 9.17) is 4.42 Å². The molecule has 0 saturated heterocycles. The molecule has 2 aromatic carbocycles. The van der Waals surface area contributed by atoms with E-state index in [1.54, 1.807) is 10.7 Å². The molecule has 0 aliphatic rings. The van der Waals surface area contributed by atoms with E-state index in [-0.39, 0.29) is 11.7 Å². The smallest absolute Gasteiger partial charge is 0.291 e. The van der Waals surface area contributed by atoms with Gasteiger partial charge in [0.05, 0.1) is 5.69 Å². The number of nitrogens with one attached hydrogen (secondary N) is 1. The number of carbonyl (C=O) groups is 1. The molecule has 4 aromatic rings. The van der Waals surface area contributed by atoms with Gasteiger partial charge in [-0.05, 0) is 47.2 Å². The van der Waals surface area contributed by atoms with Crippen molar-refractivity contribution in [3.63, 3.8) is 0 Å². The lowest BCUT2D eigenvalue weighted by molar-refractivity contribution is 0.0998. The normalized spacial score (nSPS) is 10.9. The number of aromatic nitrogens is 4. The Hall–Kier alpha value is -3.48. The third-order valence-corrected chi connectivity index (χ3v) is 3.80. The highest BCUT2D eigenvalue weighted by molar-refractivity contribution is 6.05. The quantitative estimate of drug-likeness (QED) is 0.627. The SMILES string of the molecule is Cc1c(NC(=O)c2cc3ccccc3o2)cccc1-n1cnnn1. The molecule has 2 heterocycles. The van der Waals surface area contributed by atoms with Crippen molar-refractivity contribution in [1.29, 1.82) is 0 Å². The zero-order chi connectivity index (χ0) is 16.5. The van der Waals surface area contributed by atoms with E-state index in [1.165, 1.54) is 6.33 Å². The van der Waals surface area contributed by atoms with Crippen molar-refractivity contribution in [2.45, 2.75) is 6.92 Å². The fourth-order valence-corrected chi connectivity index (χ4v) is 2.56. The van der Waals surface area contributed by atoms with Crippen LogP contribution in [0.5, 0.6) is 0 Å². The molecule has 1 N–H and O–H groups in total. The van der Waals surface area contributed by atoms with Crippen LogP contribution in [0.2, 0.25) is 0 Å². The summed E-state index contributed by atoms with van der Waals surface area (Å²) in [6.07, 6.45) is 1.51. The summed E-state index contributed by atoms with van der Waals surface area (Å²) in [5.74, 6) is -0.0356. The molecule has 118 valence electrons. The van der Waals surface area contributed by atoms with Crippen LogP contribution in [-0.2, 0) is 0 Å². The molecular weight excluding hydrogens is 306 g/mol. The second kappa shape index (κ2) is 5.62. The van der Waals surface area contributed by atoms with E-state index < -0.39 is 0 Å². The van der Waals surface area contributed by atoms with Crippen LogP contribution in [0.4, 0.5) is 5.69 Å². The number of anilines is 1. The van der Waals surface area contributed by atoms with E-state index in [2.05, 4.69) is 20.8 Å². The lowest BCUT2D eigenvalue weighted by Crippen LogP contribution is -2.12. The maximum absolute atomic E-state index is 12.5. The molecule has 0 aliphatic carbocycles. The summed E-state index contributed by atoms with van der Waals surface area (Å²) in [5.41, 5.74) is 3.01. The van der Waals surface area contributed by atoms with Gasteiger partial charge in [0.2, 0.25) is 0 Å². The fourth-order valence-electron chi connectivity index (χ4n) is 2.56. The monoisotopic (exact) mass is 319 g/mol. The highest BCUT2D eigenvalue weighted by Crippen LogP contribution is 2.24. The highest BCUT2D eigenvalue weighted by atomic mass is 16.3. The molecular formula is C17H13N5O2.